The van der Waals surface area contributed by atoms with E-state index >= 15 is 0 Å². The first-order chi connectivity index (χ1) is 17.9. The summed E-state index contributed by atoms with van der Waals surface area (Å²) in [6.45, 7) is 10.5. The molecule has 1 saturated heterocycles. The van der Waals surface area contributed by atoms with Crippen molar-refractivity contribution in [3.05, 3.63) is 90.5 Å². The number of benzene rings is 3. The molecule has 4 N–H and O–H groups in total. The number of methoxy groups -OCH3 is 1. The second kappa shape index (κ2) is 11.5. The van der Waals surface area contributed by atoms with Crippen molar-refractivity contribution < 1.29 is 14.3 Å². The molecule has 194 valence electrons. The molecular formula is C30H36N4O3. The van der Waals surface area contributed by atoms with Crippen LogP contribution in [0.1, 0.15) is 25.0 Å². The van der Waals surface area contributed by atoms with Gasteiger partial charge in [-0.3, -0.25) is 4.79 Å². The zero-order chi connectivity index (χ0) is 26.4. The molecule has 0 aliphatic carbocycles. The molecule has 1 aliphatic heterocycles. The molecule has 1 heterocycles. The minimum atomic E-state index is -0.353. The first-order valence-electron chi connectivity index (χ1n) is 12.5. The molecule has 1 aliphatic rings. The smallest absolute Gasteiger partial charge is 0.247 e. The lowest BCUT2D eigenvalue weighted by atomic mass is 9.77. The minimum absolute atomic E-state index is 0.144. The van der Waals surface area contributed by atoms with E-state index in [-0.39, 0.29) is 17.4 Å². The van der Waals surface area contributed by atoms with Crippen molar-refractivity contribution in [3.63, 3.8) is 0 Å². The molecular weight excluding hydrogens is 464 g/mol. The average Bonchev–Trinajstić information content (AvgIpc) is 2.93. The summed E-state index contributed by atoms with van der Waals surface area (Å²) in [5.74, 6) is 0.518. The second-order valence-corrected chi connectivity index (χ2v) is 9.61. The van der Waals surface area contributed by atoms with Gasteiger partial charge in [0.15, 0.2) is 0 Å². The zero-order valence-electron chi connectivity index (χ0n) is 21.8. The molecule has 7 heteroatoms. The Morgan fingerprint density at radius 2 is 1.97 bits per heavy atom. The van der Waals surface area contributed by atoms with Crippen LogP contribution in [0, 0.1) is 0 Å². The number of nitrogens with zero attached hydrogens (tertiary/aromatic N) is 1. The summed E-state index contributed by atoms with van der Waals surface area (Å²) in [7, 11) is 1.68. The quantitative estimate of drug-likeness (QED) is 0.356. The minimum Gasteiger partial charge on any atom is -0.494 e. The number of para-hydroxylation sites is 1. The number of ether oxygens (including phenoxy) is 2. The van der Waals surface area contributed by atoms with Crippen molar-refractivity contribution in [3.8, 4) is 5.75 Å². The SMILES string of the molecule is C=CC(=O)Nc1cccc(C(C)(C)c2ccccc2Nc2ccc(N3CCOC[C@H]3CN)cc2OC)c1. The van der Waals surface area contributed by atoms with E-state index < -0.39 is 0 Å². The summed E-state index contributed by atoms with van der Waals surface area (Å²) >= 11 is 0. The topological polar surface area (TPSA) is 88.9 Å². The fourth-order valence-electron chi connectivity index (χ4n) is 4.77. The predicted octanol–water partition coefficient (Wildman–Crippen LogP) is 5.05. The molecule has 0 spiro atoms. The van der Waals surface area contributed by atoms with Crippen LogP contribution < -0.4 is 26.0 Å². The van der Waals surface area contributed by atoms with Crippen LogP contribution in [0.15, 0.2) is 79.4 Å². The molecule has 0 aromatic heterocycles. The summed E-state index contributed by atoms with van der Waals surface area (Å²) in [4.78, 5) is 14.1. The first-order valence-corrected chi connectivity index (χ1v) is 12.5. The van der Waals surface area contributed by atoms with Gasteiger partial charge in [-0.05, 0) is 47.5 Å². The highest BCUT2D eigenvalue weighted by Crippen LogP contribution is 2.40. The lowest BCUT2D eigenvalue weighted by Gasteiger charge is -2.37. The summed E-state index contributed by atoms with van der Waals surface area (Å²) in [6, 6.07) is 22.5. The van der Waals surface area contributed by atoms with E-state index in [0.717, 1.165) is 46.2 Å². The largest absolute Gasteiger partial charge is 0.494 e. The number of anilines is 4. The third kappa shape index (κ3) is 5.79. The number of amides is 1. The van der Waals surface area contributed by atoms with Crippen molar-refractivity contribution >= 4 is 28.7 Å². The van der Waals surface area contributed by atoms with Crippen LogP contribution in [0.25, 0.3) is 0 Å². The van der Waals surface area contributed by atoms with Gasteiger partial charge in [0.05, 0.1) is 32.1 Å². The Labute approximate surface area is 219 Å². The van der Waals surface area contributed by atoms with Gasteiger partial charge in [0.25, 0.3) is 0 Å². The molecule has 3 aromatic rings. The van der Waals surface area contributed by atoms with E-state index in [1.165, 1.54) is 6.08 Å². The van der Waals surface area contributed by atoms with Crippen molar-refractivity contribution in [2.75, 3.05) is 48.9 Å². The monoisotopic (exact) mass is 500 g/mol. The normalized spacial score (nSPS) is 15.7. The number of rotatable bonds is 9. The highest BCUT2D eigenvalue weighted by molar-refractivity contribution is 5.98. The molecule has 1 fully saturated rings. The Bertz CT molecular complexity index is 1260. The predicted molar refractivity (Wildman–Crippen MR) is 151 cm³/mol. The van der Waals surface area contributed by atoms with Crippen LogP contribution in [-0.2, 0) is 14.9 Å². The molecule has 0 unspecified atom stereocenters. The maximum absolute atomic E-state index is 11.8. The van der Waals surface area contributed by atoms with Crippen LogP contribution in [0.5, 0.6) is 5.75 Å². The van der Waals surface area contributed by atoms with Crippen molar-refractivity contribution in [2.45, 2.75) is 25.3 Å². The second-order valence-electron chi connectivity index (χ2n) is 9.61. The fraction of sp³-hybridized carbons (Fsp3) is 0.300. The molecule has 1 amide bonds. The summed E-state index contributed by atoms with van der Waals surface area (Å²) < 4.78 is 11.4. The third-order valence-electron chi connectivity index (χ3n) is 6.92. The molecule has 0 saturated carbocycles. The maximum Gasteiger partial charge on any atom is 0.247 e. The summed E-state index contributed by atoms with van der Waals surface area (Å²) in [5.41, 5.74) is 11.5. The zero-order valence-corrected chi connectivity index (χ0v) is 21.8. The Morgan fingerprint density at radius 1 is 1.16 bits per heavy atom. The van der Waals surface area contributed by atoms with Crippen LogP contribution >= 0.6 is 0 Å². The van der Waals surface area contributed by atoms with Crippen LogP contribution in [0.4, 0.5) is 22.7 Å². The summed E-state index contributed by atoms with van der Waals surface area (Å²) in [5, 5.41) is 6.46. The Kier molecular flexibility index (Phi) is 8.16. The number of hydrogen-bond donors (Lipinski definition) is 3. The van der Waals surface area contributed by atoms with Crippen LogP contribution in [0.2, 0.25) is 0 Å². The van der Waals surface area contributed by atoms with Crippen LogP contribution in [0.3, 0.4) is 0 Å². The lowest BCUT2D eigenvalue weighted by molar-refractivity contribution is -0.111. The molecule has 7 nitrogen and oxygen atoms in total. The molecule has 1 atom stereocenters. The van der Waals surface area contributed by atoms with Gasteiger partial charge in [-0.2, -0.15) is 0 Å². The van der Waals surface area contributed by atoms with Gasteiger partial charge >= 0.3 is 0 Å². The van der Waals surface area contributed by atoms with Crippen molar-refractivity contribution in [1.29, 1.82) is 0 Å². The Hall–Kier alpha value is -3.81. The number of carbonyl (C=O) groups excluding carboxylic acids is 1. The van der Waals surface area contributed by atoms with E-state index in [4.69, 9.17) is 15.2 Å². The molecule has 4 rings (SSSR count). The van der Waals surface area contributed by atoms with E-state index in [2.05, 4.69) is 66.3 Å². The Morgan fingerprint density at radius 3 is 2.73 bits per heavy atom. The first kappa shape index (κ1) is 26.3. The highest BCUT2D eigenvalue weighted by Gasteiger charge is 2.27. The third-order valence-corrected chi connectivity index (χ3v) is 6.92. The molecule has 0 bridgehead atoms. The number of nitrogens with one attached hydrogen (secondary N) is 2. The standard InChI is InChI=1S/C30H36N4O3/c1-5-29(35)32-22-10-8-9-21(17-22)30(2,3)25-11-6-7-12-26(25)33-27-14-13-23(18-28(27)36-4)34-15-16-37-20-24(34)19-31/h5-14,17-18,24,33H,1,15-16,19-20,31H2,2-4H3,(H,32,35)/t24-/m1/s1. The number of nitrogens with two attached hydrogens (primary N) is 1. The van der Waals surface area contributed by atoms with Crippen molar-refractivity contribution in [1.82, 2.24) is 0 Å². The Balaban J connectivity index is 1.64. The highest BCUT2D eigenvalue weighted by atomic mass is 16.5. The van der Waals surface area contributed by atoms with Gasteiger partial charge in [-0.25, -0.2) is 0 Å². The number of hydrogen-bond acceptors (Lipinski definition) is 6. The molecule has 37 heavy (non-hydrogen) atoms. The van der Waals surface area contributed by atoms with E-state index in [1.807, 2.05) is 36.4 Å². The maximum atomic E-state index is 11.8. The van der Waals surface area contributed by atoms with E-state index in [9.17, 15) is 4.79 Å². The number of carbonyl (C=O) groups is 1. The average molecular weight is 501 g/mol. The van der Waals surface area contributed by atoms with Gasteiger partial charge < -0.3 is 30.7 Å². The van der Waals surface area contributed by atoms with Gasteiger partial charge in [0, 0.05) is 41.6 Å². The van der Waals surface area contributed by atoms with Crippen molar-refractivity contribution in [2.24, 2.45) is 5.73 Å². The van der Waals surface area contributed by atoms with Gasteiger partial charge in [-0.1, -0.05) is 50.8 Å². The number of morpholine rings is 1. The van der Waals surface area contributed by atoms with Crippen LogP contribution in [-0.4, -0.2) is 45.4 Å². The van der Waals surface area contributed by atoms with E-state index in [0.29, 0.717) is 19.8 Å². The van der Waals surface area contributed by atoms with Gasteiger partial charge in [0.2, 0.25) is 5.91 Å². The van der Waals surface area contributed by atoms with Gasteiger partial charge in [-0.15, -0.1) is 0 Å². The van der Waals surface area contributed by atoms with Gasteiger partial charge in [0.1, 0.15) is 5.75 Å². The van der Waals surface area contributed by atoms with E-state index in [1.54, 1.807) is 7.11 Å². The fourth-order valence-corrected chi connectivity index (χ4v) is 4.77. The molecule has 0 radical (unpaired) electrons. The lowest BCUT2D eigenvalue weighted by Crippen LogP contribution is -2.49. The molecule has 3 aromatic carbocycles. The summed E-state index contributed by atoms with van der Waals surface area (Å²) in [6.07, 6.45) is 1.27.